The smallest absolute Gasteiger partial charge is 0.416 e. The first-order valence-electron chi connectivity index (χ1n) is 7.69. The van der Waals surface area contributed by atoms with Crippen molar-refractivity contribution in [2.75, 3.05) is 13.1 Å². The summed E-state index contributed by atoms with van der Waals surface area (Å²) < 4.78 is 43.2. The fourth-order valence-electron chi connectivity index (χ4n) is 1.95. The third-order valence-electron chi connectivity index (χ3n) is 3.08. The third kappa shape index (κ3) is 7.39. The molecule has 4 nitrogen and oxygen atoms in total. The average Bonchev–Trinajstić information content (AvgIpc) is 3.09. The van der Waals surface area contributed by atoms with Crippen LogP contribution in [-0.4, -0.2) is 19.0 Å². The van der Waals surface area contributed by atoms with E-state index in [9.17, 15) is 13.2 Å². The van der Waals surface area contributed by atoms with Gasteiger partial charge >= 0.3 is 6.18 Å². The average molecular weight is 477 g/mol. The van der Waals surface area contributed by atoms with E-state index < -0.39 is 11.7 Å². The van der Waals surface area contributed by atoms with Gasteiger partial charge in [-0.15, -0.1) is 24.0 Å². The first-order valence-corrected chi connectivity index (χ1v) is 7.69. The van der Waals surface area contributed by atoms with Gasteiger partial charge in [-0.2, -0.15) is 13.2 Å². The fourth-order valence-corrected chi connectivity index (χ4v) is 1.95. The molecule has 0 spiro atoms. The summed E-state index contributed by atoms with van der Waals surface area (Å²) in [6.07, 6.45) is -2.79. The van der Waals surface area contributed by atoms with Crippen LogP contribution in [0.4, 0.5) is 13.2 Å². The first-order chi connectivity index (χ1) is 12.0. The van der Waals surface area contributed by atoms with Gasteiger partial charge in [0, 0.05) is 12.1 Å². The Kier molecular flexibility index (Phi) is 9.05. The van der Waals surface area contributed by atoms with E-state index in [0.29, 0.717) is 24.6 Å². The Hall–Kier alpha value is -2.15. The first kappa shape index (κ1) is 21.9. The molecule has 1 heterocycles. The molecule has 0 aliphatic heterocycles. The molecular weight excluding hydrogens is 458 g/mol. The van der Waals surface area contributed by atoms with Crippen molar-refractivity contribution in [3.05, 3.63) is 59.5 Å². The van der Waals surface area contributed by atoms with Crippen molar-refractivity contribution in [3.8, 4) is 11.8 Å². The predicted octanol–water partition coefficient (Wildman–Crippen LogP) is 4.02. The normalized spacial score (nSPS) is 11.2. The number of alkyl halides is 3. The number of nitrogens with zero attached hydrogens (tertiary/aromatic N) is 1. The summed E-state index contributed by atoms with van der Waals surface area (Å²) in [5, 5.41) is 6.05. The molecule has 1 aromatic heterocycles. The standard InChI is InChI=1S/C18H18F3N3O.HI/c1-2-22-17(24-13-16-9-5-11-25-16)23-10-4-7-14-6-3-8-15(12-14)18(19,20)21;/h3,5-6,8-9,11-12H,2,10,13H2,1H3,(H2,22,23,24);1H. The SMILES string of the molecule is CCNC(=NCc1ccco1)NCC#Cc1cccc(C(F)(F)F)c1.I. The maximum Gasteiger partial charge on any atom is 0.416 e. The molecule has 0 aliphatic carbocycles. The number of benzene rings is 1. The van der Waals surface area contributed by atoms with Crippen molar-refractivity contribution < 1.29 is 17.6 Å². The molecule has 26 heavy (non-hydrogen) atoms. The van der Waals surface area contributed by atoms with Gasteiger partial charge in [-0.25, -0.2) is 4.99 Å². The zero-order valence-corrected chi connectivity index (χ0v) is 16.4. The van der Waals surface area contributed by atoms with E-state index in [2.05, 4.69) is 27.5 Å². The van der Waals surface area contributed by atoms with Gasteiger partial charge in [-0.3, -0.25) is 0 Å². The van der Waals surface area contributed by atoms with Gasteiger partial charge in [0.05, 0.1) is 18.4 Å². The highest BCUT2D eigenvalue weighted by Crippen LogP contribution is 2.29. The number of halogens is 4. The van der Waals surface area contributed by atoms with Gasteiger partial charge in [-0.1, -0.05) is 17.9 Å². The minimum absolute atomic E-state index is 0. The molecule has 2 N–H and O–H groups in total. The lowest BCUT2D eigenvalue weighted by molar-refractivity contribution is -0.137. The molecule has 0 saturated heterocycles. The van der Waals surface area contributed by atoms with Crippen LogP contribution in [-0.2, 0) is 12.7 Å². The Bertz CT molecular complexity index is 762. The molecule has 140 valence electrons. The number of aliphatic imine (C=N–C) groups is 1. The Labute approximate surface area is 167 Å². The van der Waals surface area contributed by atoms with E-state index in [1.807, 2.05) is 13.0 Å². The van der Waals surface area contributed by atoms with Gasteiger partial charge < -0.3 is 15.1 Å². The molecule has 0 amide bonds. The van der Waals surface area contributed by atoms with Crippen LogP contribution in [0.2, 0.25) is 0 Å². The number of guanidine groups is 1. The largest absolute Gasteiger partial charge is 0.467 e. The van der Waals surface area contributed by atoms with Gasteiger partial charge in [-0.05, 0) is 37.3 Å². The summed E-state index contributed by atoms with van der Waals surface area (Å²) >= 11 is 0. The second kappa shape index (κ2) is 10.8. The lowest BCUT2D eigenvalue weighted by atomic mass is 10.1. The van der Waals surface area contributed by atoms with E-state index in [4.69, 9.17) is 4.42 Å². The van der Waals surface area contributed by atoms with E-state index in [1.165, 1.54) is 6.07 Å². The number of hydrogen-bond donors (Lipinski definition) is 2. The maximum atomic E-state index is 12.7. The van der Waals surface area contributed by atoms with E-state index in [-0.39, 0.29) is 30.5 Å². The van der Waals surface area contributed by atoms with E-state index in [1.54, 1.807) is 18.4 Å². The van der Waals surface area contributed by atoms with Crippen LogP contribution in [0.3, 0.4) is 0 Å². The topological polar surface area (TPSA) is 49.6 Å². The lowest BCUT2D eigenvalue weighted by Crippen LogP contribution is -2.37. The van der Waals surface area contributed by atoms with E-state index >= 15 is 0 Å². The second-order valence-electron chi connectivity index (χ2n) is 5.01. The van der Waals surface area contributed by atoms with E-state index in [0.717, 1.165) is 17.9 Å². The zero-order valence-electron chi connectivity index (χ0n) is 14.1. The van der Waals surface area contributed by atoms with Gasteiger partial charge in [0.25, 0.3) is 0 Å². The molecule has 2 aromatic rings. The minimum Gasteiger partial charge on any atom is -0.467 e. The Balaban J connectivity index is 0.00000338. The summed E-state index contributed by atoms with van der Waals surface area (Å²) in [5.74, 6) is 6.78. The van der Waals surface area contributed by atoms with Crippen molar-refractivity contribution in [3.63, 3.8) is 0 Å². The summed E-state index contributed by atoms with van der Waals surface area (Å²) in [5.41, 5.74) is -0.394. The van der Waals surface area contributed by atoms with Crippen molar-refractivity contribution in [1.82, 2.24) is 10.6 Å². The summed E-state index contributed by atoms with van der Waals surface area (Å²) in [7, 11) is 0. The van der Waals surface area contributed by atoms with Crippen molar-refractivity contribution in [2.24, 2.45) is 4.99 Å². The van der Waals surface area contributed by atoms with Crippen LogP contribution >= 0.6 is 24.0 Å². The highest BCUT2D eigenvalue weighted by atomic mass is 127. The molecule has 0 fully saturated rings. The summed E-state index contributed by atoms with van der Waals surface area (Å²) in [4.78, 5) is 4.33. The van der Waals surface area contributed by atoms with Crippen molar-refractivity contribution in [1.29, 1.82) is 0 Å². The lowest BCUT2D eigenvalue weighted by Gasteiger charge is -2.08. The summed E-state index contributed by atoms with van der Waals surface area (Å²) in [6, 6.07) is 8.54. The second-order valence-corrected chi connectivity index (χ2v) is 5.01. The molecule has 0 aliphatic rings. The molecule has 1 aromatic carbocycles. The molecule has 2 rings (SSSR count). The summed E-state index contributed by atoms with van der Waals surface area (Å²) in [6.45, 7) is 3.23. The van der Waals surface area contributed by atoms with Crippen LogP contribution in [0.15, 0.2) is 52.1 Å². The molecule has 8 heteroatoms. The third-order valence-corrected chi connectivity index (χ3v) is 3.08. The molecule has 0 radical (unpaired) electrons. The Morgan fingerprint density at radius 2 is 2.00 bits per heavy atom. The van der Waals surface area contributed by atoms with Crippen molar-refractivity contribution in [2.45, 2.75) is 19.6 Å². The zero-order chi connectivity index (χ0) is 18.1. The molecule has 0 atom stereocenters. The predicted molar refractivity (Wildman–Crippen MR) is 105 cm³/mol. The fraction of sp³-hybridized carbons (Fsp3) is 0.278. The maximum absolute atomic E-state index is 12.7. The van der Waals surface area contributed by atoms with Crippen molar-refractivity contribution >= 4 is 29.9 Å². The monoisotopic (exact) mass is 477 g/mol. The highest BCUT2D eigenvalue weighted by Gasteiger charge is 2.30. The Morgan fingerprint density at radius 3 is 2.65 bits per heavy atom. The molecule has 0 saturated carbocycles. The van der Waals surface area contributed by atoms with Crippen LogP contribution in [0.5, 0.6) is 0 Å². The van der Waals surface area contributed by atoms with Crippen LogP contribution in [0.25, 0.3) is 0 Å². The van der Waals surface area contributed by atoms with Gasteiger partial charge in [0.15, 0.2) is 5.96 Å². The number of furan rings is 1. The Morgan fingerprint density at radius 1 is 1.19 bits per heavy atom. The number of hydrogen-bond acceptors (Lipinski definition) is 2. The molecule has 0 bridgehead atoms. The molecular formula is C18H19F3IN3O. The minimum atomic E-state index is -4.37. The molecule has 0 unspecified atom stereocenters. The number of nitrogens with one attached hydrogen (secondary N) is 2. The highest BCUT2D eigenvalue weighted by molar-refractivity contribution is 14.0. The quantitative estimate of drug-likeness (QED) is 0.303. The van der Waals surface area contributed by atoms with Gasteiger partial charge in [0.1, 0.15) is 12.3 Å². The van der Waals surface area contributed by atoms with Gasteiger partial charge in [0.2, 0.25) is 0 Å². The number of rotatable bonds is 4. The van der Waals surface area contributed by atoms with Crippen LogP contribution in [0.1, 0.15) is 23.8 Å². The van der Waals surface area contributed by atoms with Crippen LogP contribution < -0.4 is 10.6 Å². The van der Waals surface area contributed by atoms with Crippen LogP contribution in [0, 0.1) is 11.8 Å².